The Balaban J connectivity index is 2.51. The lowest BCUT2D eigenvalue weighted by atomic mass is 10.0. The van der Waals surface area contributed by atoms with Gasteiger partial charge in [0.05, 0.1) is 20.1 Å². The Kier molecular flexibility index (Phi) is 4.29. The summed E-state index contributed by atoms with van der Waals surface area (Å²) in [6, 6.07) is 5.52. The lowest BCUT2D eigenvalue weighted by molar-refractivity contribution is -0.142. The molecule has 1 unspecified atom stereocenters. The van der Waals surface area contributed by atoms with E-state index in [1.165, 1.54) is 0 Å². The molecule has 0 amide bonds. The number of methoxy groups -OCH3 is 1. The quantitative estimate of drug-likeness (QED) is 0.821. The molecule has 3 N–H and O–H groups in total. The van der Waals surface area contributed by atoms with Gasteiger partial charge in [-0.05, 0) is 37.6 Å². The normalized spacial score (nSPS) is 12.4. The fraction of sp³-hybridized carbons (Fsp3) is 0.400. The highest BCUT2D eigenvalue weighted by Crippen LogP contribution is 2.29. The van der Waals surface area contributed by atoms with E-state index in [4.69, 9.17) is 15.2 Å². The highest BCUT2D eigenvalue weighted by Gasteiger charge is 2.18. The molecule has 1 aromatic heterocycles. The maximum atomic E-state index is 11.8. The summed E-state index contributed by atoms with van der Waals surface area (Å²) in [6.07, 6.45) is 0.206. The van der Waals surface area contributed by atoms with Gasteiger partial charge in [0.15, 0.2) is 0 Å². The molecular weight excluding hydrogens is 256 g/mol. The first-order valence-electron chi connectivity index (χ1n) is 6.66. The number of carbonyl (C=O) groups excluding carboxylic acids is 1. The summed E-state index contributed by atoms with van der Waals surface area (Å²) >= 11 is 0. The maximum Gasteiger partial charge on any atom is 0.310 e. The van der Waals surface area contributed by atoms with E-state index < -0.39 is 0 Å². The summed E-state index contributed by atoms with van der Waals surface area (Å²) in [7, 11) is 1.62. The first-order valence-corrected chi connectivity index (χ1v) is 6.66. The minimum absolute atomic E-state index is 0.183. The summed E-state index contributed by atoms with van der Waals surface area (Å²) in [4.78, 5) is 15.0. The van der Waals surface area contributed by atoms with Crippen LogP contribution in [-0.4, -0.2) is 24.7 Å². The fourth-order valence-corrected chi connectivity index (χ4v) is 2.31. The fourth-order valence-electron chi connectivity index (χ4n) is 2.31. The Morgan fingerprint density at radius 3 is 2.80 bits per heavy atom. The second-order valence-corrected chi connectivity index (χ2v) is 4.70. The van der Waals surface area contributed by atoms with Crippen LogP contribution >= 0.6 is 0 Å². The molecule has 2 rings (SSSR count). The summed E-state index contributed by atoms with van der Waals surface area (Å²) < 4.78 is 10.3. The molecule has 0 aliphatic heterocycles. The number of rotatable bonds is 5. The maximum absolute atomic E-state index is 11.8. The Morgan fingerprint density at radius 2 is 2.20 bits per heavy atom. The average molecular weight is 276 g/mol. The number of aromatic nitrogens is 1. The Morgan fingerprint density at radius 1 is 1.45 bits per heavy atom. The predicted molar refractivity (Wildman–Crippen MR) is 77.8 cm³/mol. The number of fused-ring (bicyclic) bond motifs is 1. The van der Waals surface area contributed by atoms with Gasteiger partial charge in [0.25, 0.3) is 0 Å². The van der Waals surface area contributed by atoms with E-state index in [1.807, 2.05) is 25.1 Å². The van der Waals surface area contributed by atoms with Crippen LogP contribution in [0.1, 0.15) is 31.1 Å². The second-order valence-electron chi connectivity index (χ2n) is 4.70. The molecule has 20 heavy (non-hydrogen) atoms. The molecule has 0 spiro atoms. The standard InChI is InChI=1S/C15H20N2O3/c1-4-20-14(18)8-12-11-7-10(19-3)5-6-13(11)17-15(12)9(2)16/h5-7,9,17H,4,8,16H2,1-3H3. The van der Waals surface area contributed by atoms with Crippen molar-refractivity contribution in [2.45, 2.75) is 26.3 Å². The molecule has 1 aromatic carbocycles. The van der Waals surface area contributed by atoms with Gasteiger partial charge in [-0.1, -0.05) is 0 Å². The van der Waals surface area contributed by atoms with Crippen molar-refractivity contribution in [2.24, 2.45) is 5.73 Å². The van der Waals surface area contributed by atoms with Crippen molar-refractivity contribution >= 4 is 16.9 Å². The van der Waals surface area contributed by atoms with Gasteiger partial charge in [0, 0.05) is 22.6 Å². The number of benzene rings is 1. The molecule has 0 saturated heterocycles. The predicted octanol–water partition coefficient (Wildman–Crippen LogP) is 2.30. The van der Waals surface area contributed by atoms with Crippen LogP contribution < -0.4 is 10.5 Å². The van der Waals surface area contributed by atoms with Gasteiger partial charge in [-0.3, -0.25) is 4.79 Å². The van der Waals surface area contributed by atoms with E-state index in [2.05, 4.69) is 4.98 Å². The molecule has 5 heteroatoms. The van der Waals surface area contributed by atoms with E-state index in [-0.39, 0.29) is 18.4 Å². The molecule has 108 valence electrons. The van der Waals surface area contributed by atoms with Crippen LogP contribution in [0.3, 0.4) is 0 Å². The summed E-state index contributed by atoms with van der Waals surface area (Å²) in [5.41, 5.74) is 8.67. The Bertz CT molecular complexity index is 617. The number of carbonyl (C=O) groups is 1. The van der Waals surface area contributed by atoms with Gasteiger partial charge < -0.3 is 20.2 Å². The molecule has 1 atom stereocenters. The van der Waals surface area contributed by atoms with Crippen molar-refractivity contribution in [1.29, 1.82) is 0 Å². The zero-order chi connectivity index (χ0) is 14.7. The molecule has 0 bridgehead atoms. The van der Waals surface area contributed by atoms with Gasteiger partial charge >= 0.3 is 5.97 Å². The number of hydrogen-bond acceptors (Lipinski definition) is 4. The summed E-state index contributed by atoms with van der Waals surface area (Å²) in [5.74, 6) is 0.496. The lowest BCUT2D eigenvalue weighted by Gasteiger charge is -2.08. The zero-order valence-corrected chi connectivity index (χ0v) is 12.0. The van der Waals surface area contributed by atoms with E-state index in [1.54, 1.807) is 14.0 Å². The molecule has 0 saturated carbocycles. The number of ether oxygens (including phenoxy) is 2. The summed E-state index contributed by atoms with van der Waals surface area (Å²) in [6.45, 7) is 4.05. The topological polar surface area (TPSA) is 77.3 Å². The van der Waals surface area contributed by atoms with Crippen LogP contribution in [0.2, 0.25) is 0 Å². The number of esters is 1. The average Bonchev–Trinajstić information content (AvgIpc) is 2.77. The first kappa shape index (κ1) is 14.4. The van der Waals surface area contributed by atoms with Crippen LogP contribution in [-0.2, 0) is 16.0 Å². The van der Waals surface area contributed by atoms with Crippen LogP contribution in [0, 0.1) is 0 Å². The third kappa shape index (κ3) is 2.77. The Labute approximate surface area is 118 Å². The smallest absolute Gasteiger partial charge is 0.310 e. The van der Waals surface area contributed by atoms with E-state index in [0.29, 0.717) is 6.61 Å². The van der Waals surface area contributed by atoms with Gasteiger partial charge in [0.1, 0.15) is 5.75 Å². The Hall–Kier alpha value is -2.01. The molecule has 0 aliphatic rings. The van der Waals surface area contributed by atoms with Gasteiger partial charge in [-0.2, -0.15) is 0 Å². The monoisotopic (exact) mass is 276 g/mol. The van der Waals surface area contributed by atoms with Crippen molar-refractivity contribution in [3.8, 4) is 5.75 Å². The minimum Gasteiger partial charge on any atom is -0.497 e. The molecule has 1 heterocycles. The molecular formula is C15H20N2O3. The van der Waals surface area contributed by atoms with Crippen LogP contribution in [0.4, 0.5) is 0 Å². The van der Waals surface area contributed by atoms with Gasteiger partial charge in [-0.15, -0.1) is 0 Å². The lowest BCUT2D eigenvalue weighted by Crippen LogP contribution is -2.12. The van der Waals surface area contributed by atoms with Crippen molar-refractivity contribution in [1.82, 2.24) is 4.98 Å². The van der Waals surface area contributed by atoms with Crippen molar-refractivity contribution in [2.75, 3.05) is 13.7 Å². The molecule has 0 radical (unpaired) electrons. The van der Waals surface area contributed by atoms with E-state index in [0.717, 1.165) is 27.9 Å². The second kappa shape index (κ2) is 5.96. The minimum atomic E-state index is -0.252. The highest BCUT2D eigenvalue weighted by atomic mass is 16.5. The first-order chi connectivity index (χ1) is 9.56. The van der Waals surface area contributed by atoms with Crippen molar-refractivity contribution in [3.05, 3.63) is 29.5 Å². The van der Waals surface area contributed by atoms with Crippen molar-refractivity contribution in [3.63, 3.8) is 0 Å². The van der Waals surface area contributed by atoms with Gasteiger partial charge in [0.2, 0.25) is 0 Å². The SMILES string of the molecule is CCOC(=O)Cc1c(C(C)N)[nH]c2ccc(OC)cc12. The highest BCUT2D eigenvalue weighted by molar-refractivity contribution is 5.90. The molecule has 0 fully saturated rings. The van der Waals surface area contributed by atoms with Crippen LogP contribution in [0.25, 0.3) is 10.9 Å². The molecule has 0 aliphatic carbocycles. The number of hydrogen-bond donors (Lipinski definition) is 2. The largest absolute Gasteiger partial charge is 0.497 e. The van der Waals surface area contributed by atoms with Gasteiger partial charge in [-0.25, -0.2) is 0 Å². The number of H-pyrrole nitrogens is 1. The molecule has 2 aromatic rings. The van der Waals surface area contributed by atoms with Crippen LogP contribution in [0.15, 0.2) is 18.2 Å². The third-order valence-corrected chi connectivity index (χ3v) is 3.23. The van der Waals surface area contributed by atoms with Crippen molar-refractivity contribution < 1.29 is 14.3 Å². The van der Waals surface area contributed by atoms with Crippen LogP contribution in [0.5, 0.6) is 5.75 Å². The third-order valence-electron chi connectivity index (χ3n) is 3.23. The van der Waals surface area contributed by atoms with E-state index >= 15 is 0 Å². The van der Waals surface area contributed by atoms with E-state index in [9.17, 15) is 4.79 Å². The summed E-state index contributed by atoms with van der Waals surface area (Å²) in [5, 5.41) is 0.949. The molecule has 5 nitrogen and oxygen atoms in total. The number of nitrogens with two attached hydrogens (primary N) is 1. The number of nitrogens with one attached hydrogen (secondary N) is 1. The zero-order valence-electron chi connectivity index (χ0n) is 12.0. The number of aromatic amines is 1.